The van der Waals surface area contributed by atoms with Crippen LogP contribution in [0.3, 0.4) is 0 Å². The molecule has 0 aromatic heterocycles. The van der Waals surface area contributed by atoms with Crippen LogP contribution in [0.1, 0.15) is 70.6 Å². The Bertz CT molecular complexity index is 231. The number of rotatable bonds is 2. The third kappa shape index (κ3) is 6.65. The van der Waals surface area contributed by atoms with E-state index in [1.54, 1.807) is 0 Å². The Morgan fingerprint density at radius 1 is 1.00 bits per heavy atom. The predicted molar refractivity (Wildman–Crippen MR) is 66.5 cm³/mol. The van der Waals surface area contributed by atoms with E-state index in [4.69, 9.17) is 5.11 Å². The first-order valence-electron chi connectivity index (χ1n) is 6.69. The Balaban J connectivity index is 2.40. The second-order valence-corrected chi connectivity index (χ2v) is 4.80. The second-order valence-electron chi connectivity index (χ2n) is 4.80. The van der Waals surface area contributed by atoms with Gasteiger partial charge in [-0.15, -0.1) is 0 Å². The van der Waals surface area contributed by atoms with Crippen LogP contribution in [-0.2, 0) is 4.79 Å². The molecule has 0 spiro atoms. The van der Waals surface area contributed by atoms with Crippen molar-refractivity contribution < 1.29 is 9.90 Å². The normalized spacial score (nSPS) is 23.6. The van der Waals surface area contributed by atoms with E-state index in [2.05, 4.69) is 6.08 Å². The molecule has 0 saturated heterocycles. The summed E-state index contributed by atoms with van der Waals surface area (Å²) in [5.41, 5.74) is 1.15. The summed E-state index contributed by atoms with van der Waals surface area (Å²) >= 11 is 0. The first kappa shape index (κ1) is 13.3. The molecule has 1 rings (SSSR count). The topological polar surface area (TPSA) is 37.3 Å². The third-order valence-corrected chi connectivity index (χ3v) is 3.26. The highest BCUT2D eigenvalue weighted by molar-refractivity contribution is 5.69. The molecule has 2 nitrogen and oxygen atoms in total. The van der Waals surface area contributed by atoms with Gasteiger partial charge in [0.2, 0.25) is 0 Å². The molecule has 0 amide bonds. The molecule has 1 aliphatic carbocycles. The van der Waals surface area contributed by atoms with E-state index < -0.39 is 5.97 Å². The van der Waals surface area contributed by atoms with Gasteiger partial charge < -0.3 is 5.11 Å². The van der Waals surface area contributed by atoms with Gasteiger partial charge in [0.15, 0.2) is 0 Å². The smallest absolute Gasteiger partial charge is 0.307 e. The Hall–Kier alpha value is -0.790. The second kappa shape index (κ2) is 8.37. The van der Waals surface area contributed by atoms with Crippen LogP contribution >= 0.6 is 0 Å². The summed E-state index contributed by atoms with van der Waals surface area (Å²) in [4.78, 5) is 10.7. The minimum Gasteiger partial charge on any atom is -0.481 e. The van der Waals surface area contributed by atoms with Crippen molar-refractivity contribution >= 4 is 5.97 Å². The molecule has 0 aromatic carbocycles. The molecule has 0 saturated carbocycles. The summed E-state index contributed by atoms with van der Waals surface area (Å²) in [6.45, 7) is 0. The number of hydrogen-bond acceptors (Lipinski definition) is 1. The molecule has 0 atom stereocenters. The summed E-state index contributed by atoms with van der Waals surface area (Å²) in [5, 5.41) is 8.81. The summed E-state index contributed by atoms with van der Waals surface area (Å²) in [7, 11) is 0. The fourth-order valence-electron chi connectivity index (χ4n) is 2.32. The average molecular weight is 224 g/mol. The number of carbonyl (C=O) groups is 1. The number of carboxylic acids is 1. The molecule has 16 heavy (non-hydrogen) atoms. The molecule has 0 aliphatic heterocycles. The largest absolute Gasteiger partial charge is 0.481 e. The molecule has 0 unspecified atom stereocenters. The van der Waals surface area contributed by atoms with Gasteiger partial charge in [0.1, 0.15) is 0 Å². The van der Waals surface area contributed by atoms with Crippen LogP contribution in [0.25, 0.3) is 0 Å². The highest BCUT2D eigenvalue weighted by atomic mass is 16.4. The molecule has 0 fully saturated rings. The quantitative estimate of drug-likeness (QED) is 0.710. The van der Waals surface area contributed by atoms with E-state index in [0.29, 0.717) is 0 Å². The van der Waals surface area contributed by atoms with Gasteiger partial charge in [-0.1, -0.05) is 50.2 Å². The third-order valence-electron chi connectivity index (χ3n) is 3.26. The zero-order valence-corrected chi connectivity index (χ0v) is 10.2. The first-order valence-corrected chi connectivity index (χ1v) is 6.69. The fourth-order valence-corrected chi connectivity index (χ4v) is 2.32. The van der Waals surface area contributed by atoms with Crippen LogP contribution in [-0.4, -0.2) is 11.1 Å². The van der Waals surface area contributed by atoms with Crippen LogP contribution in [0, 0.1) is 0 Å². The molecule has 0 radical (unpaired) electrons. The van der Waals surface area contributed by atoms with Crippen LogP contribution in [0.5, 0.6) is 0 Å². The maximum absolute atomic E-state index is 10.7. The van der Waals surface area contributed by atoms with Crippen LogP contribution < -0.4 is 0 Å². The van der Waals surface area contributed by atoms with Crippen molar-refractivity contribution in [1.82, 2.24) is 0 Å². The predicted octanol–water partition coefficient (Wildman–Crippen LogP) is 4.30. The number of hydrogen-bond donors (Lipinski definition) is 1. The standard InChI is InChI=1S/C14H24O2/c15-14(16)12-13-10-8-6-4-2-1-3-5-7-9-11-13/h10H,1-9,11-12H2,(H,15,16)/b13-10+. The molecule has 2 heteroatoms. The van der Waals surface area contributed by atoms with Crippen LogP contribution in [0.4, 0.5) is 0 Å². The van der Waals surface area contributed by atoms with E-state index in [1.165, 1.54) is 51.4 Å². The van der Waals surface area contributed by atoms with E-state index in [9.17, 15) is 4.79 Å². The molecular weight excluding hydrogens is 200 g/mol. The molecule has 92 valence electrons. The lowest BCUT2D eigenvalue weighted by Gasteiger charge is -2.08. The van der Waals surface area contributed by atoms with Gasteiger partial charge in [-0.3, -0.25) is 4.79 Å². The van der Waals surface area contributed by atoms with Gasteiger partial charge in [-0.25, -0.2) is 0 Å². The fraction of sp³-hybridized carbons (Fsp3) is 0.786. The average Bonchev–Trinajstić information content (AvgIpc) is 2.21. The highest BCUT2D eigenvalue weighted by Crippen LogP contribution is 2.18. The van der Waals surface area contributed by atoms with Gasteiger partial charge in [0.25, 0.3) is 0 Å². The van der Waals surface area contributed by atoms with Gasteiger partial charge in [-0.2, -0.15) is 0 Å². The molecular formula is C14H24O2. The lowest BCUT2D eigenvalue weighted by atomic mass is 9.99. The monoisotopic (exact) mass is 224 g/mol. The maximum Gasteiger partial charge on any atom is 0.307 e. The number of aliphatic carboxylic acids is 1. The Kier molecular flexibility index (Phi) is 6.95. The lowest BCUT2D eigenvalue weighted by Crippen LogP contribution is -1.98. The Morgan fingerprint density at radius 3 is 2.19 bits per heavy atom. The minimum absolute atomic E-state index is 0.250. The van der Waals surface area contributed by atoms with Crippen molar-refractivity contribution in [3.8, 4) is 0 Å². The van der Waals surface area contributed by atoms with E-state index >= 15 is 0 Å². The maximum atomic E-state index is 10.7. The van der Waals surface area contributed by atoms with Crippen molar-refractivity contribution in [3.05, 3.63) is 11.6 Å². The SMILES string of the molecule is O=C(O)C/C1=C/CCCCCCCCCC1. The van der Waals surface area contributed by atoms with Gasteiger partial charge >= 0.3 is 5.97 Å². The van der Waals surface area contributed by atoms with Crippen LogP contribution in [0.2, 0.25) is 0 Å². The van der Waals surface area contributed by atoms with Crippen molar-refractivity contribution in [2.45, 2.75) is 70.6 Å². The zero-order chi connectivity index (χ0) is 11.6. The highest BCUT2D eigenvalue weighted by Gasteiger charge is 2.04. The van der Waals surface area contributed by atoms with Crippen LogP contribution in [0.15, 0.2) is 11.6 Å². The lowest BCUT2D eigenvalue weighted by molar-refractivity contribution is -0.136. The molecule has 0 aromatic rings. The van der Waals surface area contributed by atoms with E-state index in [-0.39, 0.29) is 6.42 Å². The molecule has 0 bridgehead atoms. The summed E-state index contributed by atoms with van der Waals surface area (Å²) < 4.78 is 0. The van der Waals surface area contributed by atoms with Crippen molar-refractivity contribution in [2.75, 3.05) is 0 Å². The van der Waals surface area contributed by atoms with Crippen molar-refractivity contribution in [2.24, 2.45) is 0 Å². The van der Waals surface area contributed by atoms with E-state index in [1.807, 2.05) is 0 Å². The van der Waals surface area contributed by atoms with Gasteiger partial charge in [0.05, 0.1) is 6.42 Å². The zero-order valence-electron chi connectivity index (χ0n) is 10.2. The Morgan fingerprint density at radius 2 is 1.56 bits per heavy atom. The first-order chi connectivity index (χ1) is 7.79. The number of allylic oxidation sites excluding steroid dienone is 1. The summed E-state index contributed by atoms with van der Waals surface area (Å²) in [6.07, 6.45) is 14.9. The summed E-state index contributed by atoms with van der Waals surface area (Å²) in [6, 6.07) is 0. The van der Waals surface area contributed by atoms with Crippen molar-refractivity contribution in [1.29, 1.82) is 0 Å². The van der Waals surface area contributed by atoms with Gasteiger partial charge in [0, 0.05) is 0 Å². The molecule has 1 N–H and O–H groups in total. The molecule has 1 aliphatic rings. The summed E-state index contributed by atoms with van der Waals surface area (Å²) in [5.74, 6) is -0.682. The minimum atomic E-state index is -0.682. The van der Waals surface area contributed by atoms with Gasteiger partial charge in [-0.05, 0) is 25.7 Å². The number of carboxylic acid groups (broad SMARTS) is 1. The van der Waals surface area contributed by atoms with E-state index in [0.717, 1.165) is 18.4 Å². The molecule has 0 heterocycles. The van der Waals surface area contributed by atoms with Crippen molar-refractivity contribution in [3.63, 3.8) is 0 Å². The Labute approximate surface area is 98.7 Å².